The zero-order valence-corrected chi connectivity index (χ0v) is 10.8. The zero-order valence-electron chi connectivity index (χ0n) is 10.0. The summed E-state index contributed by atoms with van der Waals surface area (Å²) in [6.45, 7) is 4.40. The maximum atomic E-state index is 10.8. The Balaban J connectivity index is 2.43. The van der Waals surface area contributed by atoms with Crippen LogP contribution >= 0.6 is 11.8 Å². The van der Waals surface area contributed by atoms with Crippen LogP contribution in [-0.2, 0) is 0 Å². The second-order valence-electron chi connectivity index (χ2n) is 4.41. The lowest BCUT2D eigenvalue weighted by Gasteiger charge is -2.07. The number of nitrogens with zero attached hydrogens (tertiary/aromatic N) is 1. The van der Waals surface area contributed by atoms with Gasteiger partial charge in [0.1, 0.15) is 6.29 Å². The molecule has 0 radical (unpaired) electrons. The smallest absolute Gasteiger partial charge is 0.150 e. The van der Waals surface area contributed by atoms with Gasteiger partial charge in [-0.05, 0) is 30.2 Å². The Bertz CT molecular complexity index is 537. The number of carbonyl (C=O) groups is 1. The molecule has 2 nitrogen and oxygen atoms in total. The zero-order chi connectivity index (χ0) is 12.3. The predicted octanol–water partition coefficient (Wildman–Crippen LogP) is 3.80. The number of carbonyl (C=O) groups excluding carboxylic acids is 1. The van der Waals surface area contributed by atoms with E-state index in [1.807, 2.05) is 36.2 Å². The summed E-state index contributed by atoms with van der Waals surface area (Å²) in [5.41, 5.74) is 1.65. The van der Waals surface area contributed by atoms with Crippen molar-refractivity contribution in [2.24, 2.45) is 5.92 Å². The van der Waals surface area contributed by atoms with E-state index >= 15 is 0 Å². The number of rotatable bonds is 4. The fourth-order valence-corrected chi connectivity index (χ4v) is 2.58. The summed E-state index contributed by atoms with van der Waals surface area (Å²) in [5, 5.41) is 1.07. The van der Waals surface area contributed by atoms with Crippen LogP contribution in [0.4, 0.5) is 0 Å². The number of aromatic nitrogens is 1. The maximum Gasteiger partial charge on any atom is 0.150 e. The van der Waals surface area contributed by atoms with Crippen molar-refractivity contribution in [1.29, 1.82) is 0 Å². The Morgan fingerprint density at radius 2 is 2.18 bits per heavy atom. The minimum atomic E-state index is 0.650. The van der Waals surface area contributed by atoms with Crippen LogP contribution in [0.3, 0.4) is 0 Å². The molecular weight excluding hydrogens is 230 g/mol. The molecule has 2 aromatic rings. The van der Waals surface area contributed by atoms with Crippen molar-refractivity contribution in [3.05, 3.63) is 36.0 Å². The number of pyridine rings is 1. The molecule has 0 aliphatic carbocycles. The van der Waals surface area contributed by atoms with E-state index in [2.05, 4.69) is 18.8 Å². The first-order chi connectivity index (χ1) is 8.20. The summed E-state index contributed by atoms with van der Waals surface area (Å²) in [6, 6.07) is 7.64. The number of hydrogen-bond acceptors (Lipinski definition) is 3. The fourth-order valence-electron chi connectivity index (χ4n) is 1.59. The van der Waals surface area contributed by atoms with Crippen LogP contribution in [0.15, 0.2) is 35.4 Å². The highest BCUT2D eigenvalue weighted by Crippen LogP contribution is 2.28. The summed E-state index contributed by atoms with van der Waals surface area (Å²) in [7, 11) is 0. The molecule has 1 heterocycles. The van der Waals surface area contributed by atoms with Crippen LogP contribution in [0, 0.1) is 5.92 Å². The van der Waals surface area contributed by atoms with Gasteiger partial charge in [-0.2, -0.15) is 0 Å². The third-order valence-corrected chi connectivity index (χ3v) is 3.93. The molecule has 0 saturated heterocycles. The molecule has 1 aromatic heterocycles. The minimum absolute atomic E-state index is 0.650. The lowest BCUT2D eigenvalue weighted by atomic mass is 10.1. The Hall–Kier alpha value is -1.35. The molecule has 0 aliphatic heterocycles. The van der Waals surface area contributed by atoms with Gasteiger partial charge in [0.15, 0.2) is 0 Å². The van der Waals surface area contributed by atoms with E-state index in [0.29, 0.717) is 11.5 Å². The van der Waals surface area contributed by atoms with Gasteiger partial charge in [0.25, 0.3) is 0 Å². The lowest BCUT2D eigenvalue weighted by Crippen LogP contribution is -1.91. The Labute approximate surface area is 105 Å². The summed E-state index contributed by atoms with van der Waals surface area (Å²) in [4.78, 5) is 16.3. The molecule has 0 spiro atoms. The monoisotopic (exact) mass is 245 g/mol. The van der Waals surface area contributed by atoms with Crippen molar-refractivity contribution in [3.63, 3.8) is 0 Å². The first kappa shape index (κ1) is 12.1. The molecule has 2 rings (SSSR count). The van der Waals surface area contributed by atoms with Crippen molar-refractivity contribution in [2.45, 2.75) is 18.7 Å². The van der Waals surface area contributed by atoms with Crippen LogP contribution in [0.1, 0.15) is 24.2 Å². The van der Waals surface area contributed by atoms with Gasteiger partial charge in [-0.3, -0.25) is 9.78 Å². The van der Waals surface area contributed by atoms with Crippen molar-refractivity contribution in [3.8, 4) is 0 Å². The van der Waals surface area contributed by atoms with E-state index in [1.165, 1.54) is 4.90 Å². The van der Waals surface area contributed by atoms with E-state index in [-0.39, 0.29) is 0 Å². The van der Waals surface area contributed by atoms with Gasteiger partial charge in [-0.15, -0.1) is 11.8 Å². The molecule has 0 saturated carbocycles. The highest BCUT2D eigenvalue weighted by atomic mass is 32.2. The maximum absolute atomic E-state index is 10.8. The molecule has 0 atom stereocenters. The standard InChI is InChI=1S/C14H15NOS/c1-10(2)9-17-14-5-6-15-13-4-3-11(8-16)7-12(13)14/h3-8,10H,9H2,1-2H3. The van der Waals surface area contributed by atoms with Gasteiger partial charge in [-0.25, -0.2) is 0 Å². The summed E-state index contributed by atoms with van der Waals surface area (Å²) in [6.07, 6.45) is 2.70. The van der Waals surface area contributed by atoms with Gasteiger partial charge >= 0.3 is 0 Å². The molecule has 17 heavy (non-hydrogen) atoms. The summed E-state index contributed by atoms with van der Waals surface area (Å²) in [5.74, 6) is 1.72. The van der Waals surface area contributed by atoms with Crippen molar-refractivity contribution >= 4 is 29.0 Å². The average molecular weight is 245 g/mol. The number of hydrogen-bond donors (Lipinski definition) is 0. The predicted molar refractivity (Wildman–Crippen MR) is 72.7 cm³/mol. The number of benzene rings is 1. The molecule has 0 fully saturated rings. The number of fused-ring (bicyclic) bond motifs is 1. The van der Waals surface area contributed by atoms with Gasteiger partial charge in [0, 0.05) is 27.8 Å². The van der Waals surface area contributed by atoms with Gasteiger partial charge in [0.05, 0.1) is 5.52 Å². The van der Waals surface area contributed by atoms with E-state index in [0.717, 1.165) is 22.9 Å². The quantitative estimate of drug-likeness (QED) is 0.606. The van der Waals surface area contributed by atoms with Crippen molar-refractivity contribution < 1.29 is 4.79 Å². The molecule has 3 heteroatoms. The molecule has 0 bridgehead atoms. The van der Waals surface area contributed by atoms with E-state index in [1.54, 1.807) is 6.07 Å². The summed E-state index contributed by atoms with van der Waals surface area (Å²) >= 11 is 1.82. The van der Waals surface area contributed by atoms with Crippen molar-refractivity contribution in [1.82, 2.24) is 4.98 Å². The first-order valence-electron chi connectivity index (χ1n) is 5.67. The largest absolute Gasteiger partial charge is 0.298 e. The van der Waals surface area contributed by atoms with Crippen LogP contribution in [0.5, 0.6) is 0 Å². The van der Waals surface area contributed by atoms with Crippen LogP contribution in [0.25, 0.3) is 10.9 Å². The lowest BCUT2D eigenvalue weighted by molar-refractivity contribution is 0.112. The van der Waals surface area contributed by atoms with E-state index in [9.17, 15) is 4.79 Å². The van der Waals surface area contributed by atoms with Gasteiger partial charge < -0.3 is 0 Å². The van der Waals surface area contributed by atoms with E-state index < -0.39 is 0 Å². The molecule has 0 amide bonds. The topological polar surface area (TPSA) is 30.0 Å². The van der Waals surface area contributed by atoms with E-state index in [4.69, 9.17) is 0 Å². The molecule has 0 aliphatic rings. The van der Waals surface area contributed by atoms with Crippen molar-refractivity contribution in [2.75, 3.05) is 5.75 Å². The Kier molecular flexibility index (Phi) is 3.79. The third kappa shape index (κ3) is 2.86. The normalized spacial score (nSPS) is 11.0. The summed E-state index contributed by atoms with van der Waals surface area (Å²) < 4.78 is 0. The van der Waals surface area contributed by atoms with Gasteiger partial charge in [-0.1, -0.05) is 13.8 Å². The van der Waals surface area contributed by atoms with Crippen LogP contribution in [-0.4, -0.2) is 17.0 Å². The highest BCUT2D eigenvalue weighted by Gasteiger charge is 2.04. The molecule has 1 aromatic carbocycles. The second kappa shape index (κ2) is 5.32. The highest BCUT2D eigenvalue weighted by molar-refractivity contribution is 7.99. The fraction of sp³-hybridized carbons (Fsp3) is 0.286. The Morgan fingerprint density at radius 1 is 1.35 bits per heavy atom. The van der Waals surface area contributed by atoms with Crippen LogP contribution < -0.4 is 0 Å². The number of thioether (sulfide) groups is 1. The molecular formula is C14H15NOS. The SMILES string of the molecule is CC(C)CSc1ccnc2ccc(C=O)cc12. The molecule has 0 N–H and O–H groups in total. The molecule has 88 valence electrons. The average Bonchev–Trinajstić information content (AvgIpc) is 2.35. The number of aldehydes is 1. The van der Waals surface area contributed by atoms with Gasteiger partial charge in [0.2, 0.25) is 0 Å². The van der Waals surface area contributed by atoms with Crippen LogP contribution in [0.2, 0.25) is 0 Å². The molecule has 0 unspecified atom stereocenters. The first-order valence-corrected chi connectivity index (χ1v) is 6.66. The Morgan fingerprint density at radius 3 is 2.88 bits per heavy atom. The minimum Gasteiger partial charge on any atom is -0.298 e. The second-order valence-corrected chi connectivity index (χ2v) is 5.47. The third-order valence-electron chi connectivity index (χ3n) is 2.43.